The number of allylic oxidation sites excluding steroid dienone is 10. The number of aromatic amines is 1. The van der Waals surface area contributed by atoms with Crippen LogP contribution in [0, 0.1) is 0 Å². The Bertz CT molecular complexity index is 1200. The van der Waals surface area contributed by atoms with Gasteiger partial charge in [-0.1, -0.05) is 61.8 Å². The number of fused-ring (bicyclic) bond motifs is 1. The molecule has 0 saturated heterocycles. The van der Waals surface area contributed by atoms with E-state index in [9.17, 15) is 4.79 Å². The maximum Gasteiger partial charge on any atom is 0.278 e. The lowest BCUT2D eigenvalue weighted by molar-refractivity contribution is 0.519. The first kappa shape index (κ1) is 21.8. The maximum absolute atomic E-state index is 13.2. The minimum atomic E-state index is -0.144. The summed E-state index contributed by atoms with van der Waals surface area (Å²) < 4.78 is 7.04. The molecule has 2 aliphatic heterocycles. The highest BCUT2D eigenvalue weighted by molar-refractivity contribution is 5.72. The third kappa shape index (κ3) is 5.01. The van der Waals surface area contributed by atoms with Crippen molar-refractivity contribution in [2.24, 2.45) is 0 Å². The Hall–Kier alpha value is -3.86. The van der Waals surface area contributed by atoms with Crippen molar-refractivity contribution in [3.05, 3.63) is 125 Å². The summed E-state index contributed by atoms with van der Waals surface area (Å²) in [7, 11) is 0. The first-order chi connectivity index (χ1) is 15.1. The second-order valence-electron chi connectivity index (χ2n) is 6.93. The molecule has 0 aromatic carbocycles. The molecule has 0 saturated carbocycles. The largest absolute Gasteiger partial charge is 0.469 e. The third-order valence-electron chi connectivity index (χ3n) is 4.90. The first-order valence-corrected chi connectivity index (χ1v) is 10.2. The van der Waals surface area contributed by atoms with E-state index < -0.39 is 0 Å². The fourth-order valence-corrected chi connectivity index (χ4v) is 3.31. The summed E-state index contributed by atoms with van der Waals surface area (Å²) >= 11 is 0. The van der Waals surface area contributed by atoms with Crippen LogP contribution in [-0.4, -0.2) is 14.5 Å². The Labute approximate surface area is 182 Å². The fraction of sp³-hybridized carbons (Fsp3) is 0.154. The highest BCUT2D eigenvalue weighted by atomic mass is 16.3. The lowest BCUT2D eigenvalue weighted by Gasteiger charge is -2.14. The van der Waals surface area contributed by atoms with Crippen LogP contribution in [0.3, 0.4) is 0 Å². The summed E-state index contributed by atoms with van der Waals surface area (Å²) in [5.41, 5.74) is 4.02. The van der Waals surface area contributed by atoms with Gasteiger partial charge in [0.15, 0.2) is 5.82 Å². The topological polar surface area (TPSA) is 63.8 Å². The van der Waals surface area contributed by atoms with Crippen LogP contribution in [0.2, 0.25) is 0 Å². The summed E-state index contributed by atoms with van der Waals surface area (Å²) in [5, 5.41) is 0. The molecule has 1 aromatic heterocycles. The van der Waals surface area contributed by atoms with Crippen LogP contribution in [0.15, 0.2) is 101 Å². The van der Waals surface area contributed by atoms with Crippen molar-refractivity contribution in [2.45, 2.75) is 26.7 Å². The van der Waals surface area contributed by atoms with Gasteiger partial charge in [-0.25, -0.2) is 4.98 Å². The molecule has 0 atom stereocenters. The molecule has 158 valence electrons. The number of aromatic nitrogens is 3. The van der Waals surface area contributed by atoms with E-state index in [4.69, 9.17) is 4.42 Å². The molecule has 0 bridgehead atoms. The van der Waals surface area contributed by atoms with Gasteiger partial charge in [0.1, 0.15) is 11.5 Å². The van der Waals surface area contributed by atoms with E-state index in [0.29, 0.717) is 30.1 Å². The summed E-state index contributed by atoms with van der Waals surface area (Å²) in [5.74, 6) is 1.32. The Kier molecular flexibility index (Phi) is 7.22. The quantitative estimate of drug-likeness (QED) is 0.467. The lowest BCUT2D eigenvalue weighted by atomic mass is 10.1. The zero-order valence-corrected chi connectivity index (χ0v) is 18.0. The lowest BCUT2D eigenvalue weighted by Crippen LogP contribution is -2.18. The van der Waals surface area contributed by atoms with Crippen LogP contribution < -0.4 is 5.56 Å². The number of nitrogens with one attached hydrogen (secondary N) is 1. The number of H-pyrrole nitrogens is 1. The molecule has 0 spiro atoms. The number of furan rings is 1. The molecule has 2 aliphatic rings. The maximum atomic E-state index is 13.2. The van der Waals surface area contributed by atoms with E-state index in [0.717, 1.165) is 22.5 Å². The molecule has 0 amide bonds. The summed E-state index contributed by atoms with van der Waals surface area (Å²) in [6, 6.07) is 3.65. The second kappa shape index (κ2) is 10.3. The highest BCUT2D eigenvalue weighted by Gasteiger charge is 2.21. The molecule has 0 radical (unpaired) electrons. The minimum Gasteiger partial charge on any atom is -0.469 e. The van der Waals surface area contributed by atoms with Gasteiger partial charge in [-0.05, 0) is 37.1 Å². The Morgan fingerprint density at radius 2 is 1.97 bits per heavy atom. The van der Waals surface area contributed by atoms with Gasteiger partial charge in [0.2, 0.25) is 0 Å². The van der Waals surface area contributed by atoms with E-state index in [-0.39, 0.29) is 5.56 Å². The first-order valence-electron chi connectivity index (χ1n) is 10.2. The predicted molar refractivity (Wildman–Crippen MR) is 127 cm³/mol. The van der Waals surface area contributed by atoms with Gasteiger partial charge in [-0.2, -0.15) is 0 Å². The van der Waals surface area contributed by atoms with E-state index >= 15 is 0 Å². The van der Waals surface area contributed by atoms with Crippen molar-refractivity contribution < 1.29 is 4.42 Å². The van der Waals surface area contributed by atoms with Crippen LogP contribution in [-0.2, 0) is 12.8 Å². The van der Waals surface area contributed by atoms with Crippen molar-refractivity contribution in [3.8, 4) is 5.82 Å². The second-order valence-corrected chi connectivity index (χ2v) is 6.93. The van der Waals surface area contributed by atoms with Crippen LogP contribution in [0.1, 0.15) is 36.7 Å². The number of hydrogen-bond donors (Lipinski definition) is 1. The monoisotopic (exact) mass is 413 g/mol. The van der Waals surface area contributed by atoms with Crippen LogP contribution in [0.25, 0.3) is 11.4 Å². The normalized spacial score (nSPS) is 13.0. The van der Waals surface area contributed by atoms with Gasteiger partial charge in [0.25, 0.3) is 5.56 Å². The van der Waals surface area contributed by atoms with Gasteiger partial charge in [-0.15, -0.1) is 0 Å². The average Bonchev–Trinajstić information content (AvgIpc) is 3.40. The van der Waals surface area contributed by atoms with E-state index in [1.807, 2.05) is 56.4 Å². The molecule has 31 heavy (non-hydrogen) atoms. The standard InChI is InChI=1S/C26H27N3O2/c1-5-9-12-19(7-3)16-22-25-28-23(17-21-14-11-15-31-21)26(30)29(25)18-24(27-22)20(8-4)13-10-6-2/h5-15,18,27H,1-2,16-17H2,3-4H3/b12-9-,13-10-,19-7+,20-8+. The van der Waals surface area contributed by atoms with Crippen LogP contribution in [0.4, 0.5) is 0 Å². The predicted octanol–water partition coefficient (Wildman–Crippen LogP) is 5.56. The van der Waals surface area contributed by atoms with Crippen molar-refractivity contribution in [2.75, 3.05) is 0 Å². The van der Waals surface area contributed by atoms with Gasteiger partial charge >= 0.3 is 0 Å². The molecule has 5 nitrogen and oxygen atoms in total. The molecule has 0 fully saturated rings. The molecule has 0 unspecified atom stereocenters. The molecule has 1 N–H and O–H groups in total. The fourth-order valence-electron chi connectivity index (χ4n) is 3.31. The molecule has 0 aliphatic carbocycles. The highest BCUT2D eigenvalue weighted by Crippen LogP contribution is 2.22. The Morgan fingerprint density at radius 3 is 2.61 bits per heavy atom. The number of nitrogens with zero attached hydrogens (tertiary/aromatic N) is 2. The molecule has 5 heteroatoms. The summed E-state index contributed by atoms with van der Waals surface area (Å²) in [6.07, 6.45) is 19.5. The zero-order chi connectivity index (χ0) is 22.2. The zero-order valence-electron chi connectivity index (χ0n) is 18.0. The van der Waals surface area contributed by atoms with Crippen molar-refractivity contribution in [1.82, 2.24) is 14.5 Å². The van der Waals surface area contributed by atoms with Crippen LogP contribution >= 0.6 is 0 Å². The van der Waals surface area contributed by atoms with Gasteiger partial charge in [0, 0.05) is 12.6 Å². The molecule has 3 rings (SSSR count). The molecular formula is C26H27N3O2. The van der Waals surface area contributed by atoms with E-state index in [2.05, 4.69) is 23.1 Å². The van der Waals surface area contributed by atoms with Crippen molar-refractivity contribution in [3.63, 3.8) is 0 Å². The van der Waals surface area contributed by atoms with Gasteiger partial charge < -0.3 is 9.40 Å². The summed E-state index contributed by atoms with van der Waals surface area (Å²) in [4.78, 5) is 21.3. The number of imidazole rings is 1. The molecular weight excluding hydrogens is 386 g/mol. The van der Waals surface area contributed by atoms with E-state index in [1.54, 1.807) is 35.2 Å². The van der Waals surface area contributed by atoms with Crippen molar-refractivity contribution >= 4 is 5.57 Å². The van der Waals surface area contributed by atoms with Gasteiger partial charge in [-0.3, -0.25) is 9.36 Å². The van der Waals surface area contributed by atoms with Crippen molar-refractivity contribution in [1.29, 1.82) is 0 Å². The minimum absolute atomic E-state index is 0.144. The van der Waals surface area contributed by atoms with Gasteiger partial charge in [0.05, 0.1) is 24.1 Å². The molecule has 1 aromatic rings. The SMILES string of the molecule is C=C/C=C\C(=C/C)Cc1[nH]c(C(/C=C\C=C)=C/C)cn2c(=O)c(Cc3ccco3)nc1-2. The molecule has 3 heterocycles. The van der Waals surface area contributed by atoms with Crippen LogP contribution in [0.5, 0.6) is 0 Å². The third-order valence-corrected chi connectivity index (χ3v) is 4.90. The Balaban J connectivity index is 2.16. The Morgan fingerprint density at radius 1 is 1.19 bits per heavy atom. The number of rotatable bonds is 9. The summed E-state index contributed by atoms with van der Waals surface area (Å²) in [6.45, 7) is 11.4. The number of hydrogen-bond acceptors (Lipinski definition) is 3. The van der Waals surface area contributed by atoms with E-state index in [1.165, 1.54) is 0 Å². The average molecular weight is 414 g/mol. The smallest absolute Gasteiger partial charge is 0.278 e.